The van der Waals surface area contributed by atoms with Gasteiger partial charge in [-0.25, -0.2) is 9.18 Å². The van der Waals surface area contributed by atoms with Gasteiger partial charge < -0.3 is 25.4 Å². The molecule has 7 nitrogen and oxygen atoms in total. The number of piperidine rings is 1. The lowest BCUT2D eigenvalue weighted by Crippen LogP contribution is -2.52. The number of carbonyl (C=O) groups excluding carboxylic acids is 2. The molecule has 1 aromatic rings. The number of amides is 3. The zero-order valence-corrected chi connectivity index (χ0v) is 15.9. The molecule has 2 saturated heterocycles. The van der Waals surface area contributed by atoms with Crippen molar-refractivity contribution in [1.82, 2.24) is 10.2 Å². The Bertz CT molecular complexity index is 664. The van der Waals surface area contributed by atoms with E-state index < -0.39 is 12.1 Å². The maximum atomic E-state index is 12.9. The number of urea groups is 1. The fourth-order valence-corrected chi connectivity index (χ4v) is 3.78. The Kier molecular flexibility index (Phi) is 7.22. The van der Waals surface area contributed by atoms with E-state index in [0.29, 0.717) is 24.9 Å². The largest absolute Gasteiger partial charge is 0.394 e. The molecule has 28 heavy (non-hydrogen) atoms. The highest BCUT2D eigenvalue weighted by molar-refractivity contribution is 5.89. The third-order valence-corrected chi connectivity index (χ3v) is 5.33. The SMILES string of the molecule is O=C(Nc1ccc(F)cc1)N[C@H]1CC[C@H](CC(=O)N2CCCCC2)O[C@H]1CO. The van der Waals surface area contributed by atoms with Gasteiger partial charge in [-0.1, -0.05) is 0 Å². The van der Waals surface area contributed by atoms with Gasteiger partial charge in [-0.3, -0.25) is 4.79 Å². The number of nitrogens with zero attached hydrogens (tertiary/aromatic N) is 1. The lowest BCUT2D eigenvalue weighted by molar-refractivity contribution is -0.141. The van der Waals surface area contributed by atoms with Crippen molar-refractivity contribution in [3.05, 3.63) is 30.1 Å². The van der Waals surface area contributed by atoms with Crippen LogP contribution < -0.4 is 10.6 Å². The van der Waals surface area contributed by atoms with Crippen molar-refractivity contribution >= 4 is 17.6 Å². The topological polar surface area (TPSA) is 90.9 Å². The summed E-state index contributed by atoms with van der Waals surface area (Å²) in [4.78, 5) is 26.5. The molecule has 0 radical (unpaired) electrons. The summed E-state index contributed by atoms with van der Waals surface area (Å²) in [6.07, 6.45) is 4.01. The summed E-state index contributed by atoms with van der Waals surface area (Å²) in [6, 6.07) is 4.67. The van der Waals surface area contributed by atoms with Crippen LogP contribution in [-0.4, -0.2) is 59.9 Å². The molecule has 0 aliphatic carbocycles. The summed E-state index contributed by atoms with van der Waals surface area (Å²) < 4.78 is 18.8. The summed E-state index contributed by atoms with van der Waals surface area (Å²) in [5.41, 5.74) is 0.473. The highest BCUT2D eigenvalue weighted by Gasteiger charge is 2.33. The average molecular weight is 393 g/mol. The first-order chi connectivity index (χ1) is 13.5. The number of rotatable bonds is 5. The fraction of sp³-hybridized carbons (Fsp3) is 0.600. The molecule has 8 heteroatoms. The molecule has 2 fully saturated rings. The number of anilines is 1. The van der Waals surface area contributed by atoms with Gasteiger partial charge in [0.25, 0.3) is 0 Å². The Morgan fingerprint density at radius 1 is 1.14 bits per heavy atom. The molecule has 2 heterocycles. The second kappa shape index (κ2) is 9.84. The van der Waals surface area contributed by atoms with Gasteiger partial charge in [-0.2, -0.15) is 0 Å². The van der Waals surface area contributed by atoms with Gasteiger partial charge in [0.2, 0.25) is 5.91 Å². The lowest BCUT2D eigenvalue weighted by atomic mass is 9.96. The minimum atomic E-state index is -0.563. The maximum Gasteiger partial charge on any atom is 0.319 e. The number of aliphatic hydroxyl groups excluding tert-OH is 1. The standard InChI is InChI=1S/C20H28FN3O4/c21-14-4-6-15(7-5-14)22-20(27)23-17-9-8-16(28-18(17)13-25)12-19(26)24-10-2-1-3-11-24/h4-7,16-18,25H,1-3,8-13H2,(H2,22,23,27)/t16-,17+,18+/m1/s1. The van der Waals surface area contributed by atoms with Crippen molar-refractivity contribution in [2.75, 3.05) is 25.0 Å². The number of aliphatic hydroxyl groups is 1. The van der Waals surface area contributed by atoms with Gasteiger partial charge in [0.1, 0.15) is 11.9 Å². The van der Waals surface area contributed by atoms with Crippen molar-refractivity contribution < 1.29 is 23.8 Å². The molecule has 3 amide bonds. The first kappa shape index (κ1) is 20.5. The predicted molar refractivity (Wildman–Crippen MR) is 102 cm³/mol. The maximum absolute atomic E-state index is 12.9. The molecule has 0 bridgehead atoms. The molecule has 154 valence electrons. The zero-order valence-electron chi connectivity index (χ0n) is 15.9. The van der Waals surface area contributed by atoms with Crippen LogP contribution in [0.2, 0.25) is 0 Å². The van der Waals surface area contributed by atoms with Gasteiger partial charge in [-0.05, 0) is 56.4 Å². The molecule has 0 saturated carbocycles. The van der Waals surface area contributed by atoms with Gasteiger partial charge in [0.05, 0.1) is 25.2 Å². The molecular weight excluding hydrogens is 365 g/mol. The number of likely N-dealkylation sites (tertiary alicyclic amines) is 1. The normalized spacial score (nSPS) is 25.2. The summed E-state index contributed by atoms with van der Waals surface area (Å²) >= 11 is 0. The minimum Gasteiger partial charge on any atom is -0.394 e. The van der Waals surface area contributed by atoms with Crippen LogP contribution in [0.5, 0.6) is 0 Å². The smallest absolute Gasteiger partial charge is 0.319 e. The second-order valence-electron chi connectivity index (χ2n) is 7.41. The number of hydrogen-bond acceptors (Lipinski definition) is 4. The molecule has 0 aromatic heterocycles. The average Bonchev–Trinajstić information content (AvgIpc) is 2.71. The Morgan fingerprint density at radius 2 is 1.86 bits per heavy atom. The molecule has 0 spiro atoms. The van der Waals surface area contributed by atoms with Crippen molar-refractivity contribution in [3.63, 3.8) is 0 Å². The van der Waals surface area contributed by atoms with Crippen LogP contribution in [-0.2, 0) is 9.53 Å². The van der Waals surface area contributed by atoms with Crippen molar-refractivity contribution in [3.8, 4) is 0 Å². The number of hydrogen-bond donors (Lipinski definition) is 3. The number of benzene rings is 1. The Morgan fingerprint density at radius 3 is 2.54 bits per heavy atom. The van der Waals surface area contributed by atoms with Crippen LogP contribution in [0.25, 0.3) is 0 Å². The Labute approximate surface area is 164 Å². The monoisotopic (exact) mass is 393 g/mol. The van der Waals surface area contributed by atoms with Crippen LogP contribution in [0.15, 0.2) is 24.3 Å². The van der Waals surface area contributed by atoms with Crippen molar-refractivity contribution in [2.24, 2.45) is 0 Å². The van der Waals surface area contributed by atoms with E-state index in [-0.39, 0.29) is 30.5 Å². The number of carbonyl (C=O) groups is 2. The first-order valence-electron chi connectivity index (χ1n) is 9.92. The van der Waals surface area contributed by atoms with E-state index in [1.807, 2.05) is 4.90 Å². The lowest BCUT2D eigenvalue weighted by Gasteiger charge is -2.37. The summed E-state index contributed by atoms with van der Waals surface area (Å²) in [7, 11) is 0. The zero-order chi connectivity index (χ0) is 19.9. The minimum absolute atomic E-state index is 0.0989. The molecular formula is C20H28FN3O4. The molecule has 3 N–H and O–H groups in total. The molecule has 1 aromatic carbocycles. The highest BCUT2D eigenvalue weighted by Crippen LogP contribution is 2.23. The molecule has 3 rings (SSSR count). The van der Waals surface area contributed by atoms with E-state index in [2.05, 4.69) is 10.6 Å². The Hall–Kier alpha value is -2.19. The van der Waals surface area contributed by atoms with Crippen molar-refractivity contribution in [1.29, 1.82) is 0 Å². The third-order valence-electron chi connectivity index (χ3n) is 5.33. The fourth-order valence-electron chi connectivity index (χ4n) is 3.78. The molecule has 2 aliphatic heterocycles. The van der Waals surface area contributed by atoms with E-state index in [1.165, 1.54) is 30.7 Å². The second-order valence-corrected chi connectivity index (χ2v) is 7.41. The van der Waals surface area contributed by atoms with E-state index in [9.17, 15) is 19.1 Å². The summed E-state index contributed by atoms with van der Waals surface area (Å²) in [5.74, 6) is -0.279. The van der Waals surface area contributed by atoms with Crippen LogP contribution in [0.1, 0.15) is 38.5 Å². The van der Waals surface area contributed by atoms with E-state index in [0.717, 1.165) is 25.9 Å². The van der Waals surface area contributed by atoms with E-state index in [1.54, 1.807) is 0 Å². The van der Waals surface area contributed by atoms with Crippen molar-refractivity contribution in [2.45, 2.75) is 56.8 Å². The van der Waals surface area contributed by atoms with E-state index in [4.69, 9.17) is 4.74 Å². The number of halogens is 1. The van der Waals surface area contributed by atoms with Crippen LogP contribution in [0.3, 0.4) is 0 Å². The number of ether oxygens (including phenoxy) is 1. The van der Waals surface area contributed by atoms with E-state index >= 15 is 0 Å². The Balaban J connectivity index is 1.47. The predicted octanol–water partition coefficient (Wildman–Crippen LogP) is 2.26. The van der Waals surface area contributed by atoms with Crippen LogP contribution >= 0.6 is 0 Å². The van der Waals surface area contributed by atoms with Gasteiger partial charge >= 0.3 is 6.03 Å². The van der Waals surface area contributed by atoms with Gasteiger partial charge in [-0.15, -0.1) is 0 Å². The van der Waals surface area contributed by atoms with Gasteiger partial charge in [0, 0.05) is 18.8 Å². The quantitative estimate of drug-likeness (QED) is 0.716. The van der Waals surface area contributed by atoms with Gasteiger partial charge in [0.15, 0.2) is 0 Å². The molecule has 0 unspecified atom stereocenters. The summed E-state index contributed by atoms with van der Waals surface area (Å²) in [5, 5.41) is 15.1. The molecule has 2 aliphatic rings. The highest BCUT2D eigenvalue weighted by atomic mass is 19.1. The summed E-state index contributed by atoms with van der Waals surface area (Å²) in [6.45, 7) is 1.38. The van der Waals surface area contributed by atoms with Crippen LogP contribution in [0.4, 0.5) is 14.9 Å². The van der Waals surface area contributed by atoms with Crippen LogP contribution in [0, 0.1) is 5.82 Å². The number of nitrogens with one attached hydrogen (secondary N) is 2. The molecule has 3 atom stereocenters. The third kappa shape index (κ3) is 5.65. The first-order valence-corrected chi connectivity index (χ1v) is 9.92.